The zero-order valence-electron chi connectivity index (χ0n) is 8.94. The first-order valence-electron chi connectivity index (χ1n) is 5.18. The summed E-state index contributed by atoms with van der Waals surface area (Å²) in [7, 11) is 0. The number of fused-ring (bicyclic) bond motifs is 1. The van der Waals surface area contributed by atoms with E-state index in [1.807, 2.05) is 19.2 Å². The number of aromatic nitrogens is 1. The van der Waals surface area contributed by atoms with E-state index >= 15 is 0 Å². The Kier molecular flexibility index (Phi) is 2.92. The van der Waals surface area contributed by atoms with Gasteiger partial charge in [0.1, 0.15) is 0 Å². The van der Waals surface area contributed by atoms with Crippen LogP contribution in [0.1, 0.15) is 25.3 Å². The van der Waals surface area contributed by atoms with Gasteiger partial charge in [0, 0.05) is 17.0 Å². The molecule has 0 bridgehead atoms. The molecular formula is C13H14ClN. The fraction of sp³-hybridized carbons (Fsp3) is 0.308. The van der Waals surface area contributed by atoms with Gasteiger partial charge in [-0.25, -0.2) is 0 Å². The molecule has 15 heavy (non-hydrogen) atoms. The van der Waals surface area contributed by atoms with E-state index in [9.17, 15) is 0 Å². The fourth-order valence-corrected chi connectivity index (χ4v) is 1.88. The van der Waals surface area contributed by atoms with Crippen molar-refractivity contribution in [1.29, 1.82) is 0 Å². The lowest BCUT2D eigenvalue weighted by Gasteiger charge is -2.15. The molecule has 2 aromatic rings. The van der Waals surface area contributed by atoms with Crippen LogP contribution in [0.25, 0.3) is 10.9 Å². The molecule has 1 heterocycles. The summed E-state index contributed by atoms with van der Waals surface area (Å²) in [5.74, 6) is 0.324. The number of alkyl halides is 1. The third-order valence-electron chi connectivity index (χ3n) is 2.84. The number of para-hydroxylation sites is 1. The van der Waals surface area contributed by atoms with Gasteiger partial charge < -0.3 is 0 Å². The van der Waals surface area contributed by atoms with Gasteiger partial charge in [-0.05, 0) is 24.5 Å². The molecule has 0 saturated heterocycles. The molecular weight excluding hydrogens is 206 g/mol. The number of halogens is 1. The van der Waals surface area contributed by atoms with Crippen molar-refractivity contribution in [3.8, 4) is 0 Å². The van der Waals surface area contributed by atoms with Crippen molar-refractivity contribution < 1.29 is 0 Å². The molecule has 0 amide bonds. The highest BCUT2D eigenvalue weighted by Crippen LogP contribution is 2.28. The van der Waals surface area contributed by atoms with E-state index in [0.29, 0.717) is 5.92 Å². The SMILES string of the molecule is CC(Cl)C(C)c1cccc2cccnc12. The number of benzene rings is 1. The van der Waals surface area contributed by atoms with E-state index in [1.54, 1.807) is 0 Å². The average Bonchev–Trinajstić information content (AvgIpc) is 2.27. The van der Waals surface area contributed by atoms with Crippen LogP contribution in [0.3, 0.4) is 0 Å². The Hall–Kier alpha value is -1.08. The zero-order chi connectivity index (χ0) is 10.8. The quantitative estimate of drug-likeness (QED) is 0.697. The Labute approximate surface area is 95.1 Å². The van der Waals surface area contributed by atoms with Crippen LogP contribution in [0.4, 0.5) is 0 Å². The van der Waals surface area contributed by atoms with E-state index in [1.165, 1.54) is 10.9 Å². The monoisotopic (exact) mass is 219 g/mol. The molecule has 0 N–H and O–H groups in total. The second-order valence-electron chi connectivity index (χ2n) is 3.89. The number of rotatable bonds is 2. The molecule has 1 aromatic carbocycles. The summed E-state index contributed by atoms with van der Waals surface area (Å²) in [5, 5.41) is 1.30. The van der Waals surface area contributed by atoms with Gasteiger partial charge >= 0.3 is 0 Å². The minimum Gasteiger partial charge on any atom is -0.256 e. The van der Waals surface area contributed by atoms with Crippen molar-refractivity contribution in [2.75, 3.05) is 0 Å². The van der Waals surface area contributed by atoms with E-state index in [4.69, 9.17) is 11.6 Å². The third-order valence-corrected chi connectivity index (χ3v) is 3.22. The Morgan fingerprint density at radius 2 is 1.87 bits per heavy atom. The van der Waals surface area contributed by atoms with Crippen LogP contribution in [0.5, 0.6) is 0 Å². The van der Waals surface area contributed by atoms with Crippen molar-refractivity contribution in [3.05, 3.63) is 42.1 Å². The van der Waals surface area contributed by atoms with Gasteiger partial charge in [-0.15, -0.1) is 11.6 Å². The molecule has 2 unspecified atom stereocenters. The summed E-state index contributed by atoms with van der Waals surface area (Å²) in [4.78, 5) is 4.43. The Bertz CT molecular complexity index is 460. The third kappa shape index (κ3) is 1.98. The molecule has 2 atom stereocenters. The van der Waals surface area contributed by atoms with E-state index in [0.717, 1.165) is 5.52 Å². The minimum absolute atomic E-state index is 0.123. The van der Waals surface area contributed by atoms with Crippen LogP contribution in [-0.4, -0.2) is 10.4 Å². The molecule has 0 aliphatic heterocycles. The van der Waals surface area contributed by atoms with Crippen LogP contribution < -0.4 is 0 Å². The molecule has 1 nitrogen and oxygen atoms in total. The highest BCUT2D eigenvalue weighted by Gasteiger charge is 2.14. The molecule has 0 fully saturated rings. The lowest BCUT2D eigenvalue weighted by Crippen LogP contribution is -2.05. The normalized spacial score (nSPS) is 15.1. The Morgan fingerprint density at radius 1 is 1.13 bits per heavy atom. The van der Waals surface area contributed by atoms with E-state index < -0.39 is 0 Å². The number of pyridine rings is 1. The summed E-state index contributed by atoms with van der Waals surface area (Å²) in [5.41, 5.74) is 2.30. The molecule has 78 valence electrons. The first kappa shape index (κ1) is 10.4. The molecule has 1 aromatic heterocycles. The molecule has 0 spiro atoms. The van der Waals surface area contributed by atoms with Crippen molar-refractivity contribution in [1.82, 2.24) is 4.98 Å². The maximum atomic E-state index is 6.14. The summed E-state index contributed by atoms with van der Waals surface area (Å²) in [6, 6.07) is 10.3. The van der Waals surface area contributed by atoms with Gasteiger partial charge in [0.25, 0.3) is 0 Å². The maximum absolute atomic E-state index is 6.14. The number of hydrogen-bond donors (Lipinski definition) is 0. The predicted octanol–water partition coefficient (Wildman–Crippen LogP) is 3.97. The molecule has 0 radical (unpaired) electrons. The average molecular weight is 220 g/mol. The Morgan fingerprint density at radius 3 is 2.60 bits per heavy atom. The summed E-state index contributed by atoms with van der Waals surface area (Å²) < 4.78 is 0. The van der Waals surface area contributed by atoms with Crippen molar-refractivity contribution in [2.24, 2.45) is 0 Å². The topological polar surface area (TPSA) is 12.9 Å². The molecule has 0 saturated carbocycles. The second-order valence-corrected chi connectivity index (χ2v) is 4.58. The lowest BCUT2D eigenvalue weighted by molar-refractivity contribution is 0.747. The smallest absolute Gasteiger partial charge is 0.0737 e. The molecule has 0 aliphatic rings. The van der Waals surface area contributed by atoms with Crippen LogP contribution in [-0.2, 0) is 0 Å². The van der Waals surface area contributed by atoms with Crippen molar-refractivity contribution >= 4 is 22.5 Å². The fourth-order valence-electron chi connectivity index (χ4n) is 1.74. The standard InChI is InChI=1S/C13H14ClN/c1-9(10(2)14)12-7-3-5-11-6-4-8-15-13(11)12/h3-10H,1-2H3. The number of hydrogen-bond acceptors (Lipinski definition) is 1. The molecule has 2 rings (SSSR count). The molecule has 0 aliphatic carbocycles. The van der Waals surface area contributed by atoms with Gasteiger partial charge in [0.15, 0.2) is 0 Å². The summed E-state index contributed by atoms with van der Waals surface area (Å²) in [6.45, 7) is 4.16. The van der Waals surface area contributed by atoms with Crippen molar-refractivity contribution in [2.45, 2.75) is 25.1 Å². The van der Waals surface area contributed by atoms with Crippen LogP contribution in [0.15, 0.2) is 36.5 Å². The number of nitrogens with zero attached hydrogens (tertiary/aromatic N) is 1. The lowest BCUT2D eigenvalue weighted by atomic mass is 9.95. The highest BCUT2D eigenvalue weighted by atomic mass is 35.5. The summed E-state index contributed by atoms with van der Waals surface area (Å²) >= 11 is 6.14. The van der Waals surface area contributed by atoms with Crippen molar-refractivity contribution in [3.63, 3.8) is 0 Å². The van der Waals surface area contributed by atoms with Gasteiger partial charge in [0.05, 0.1) is 5.52 Å². The van der Waals surface area contributed by atoms with Crippen LogP contribution >= 0.6 is 11.6 Å². The zero-order valence-corrected chi connectivity index (χ0v) is 9.70. The first-order valence-corrected chi connectivity index (χ1v) is 5.61. The van der Waals surface area contributed by atoms with Gasteiger partial charge in [-0.1, -0.05) is 31.2 Å². The Balaban J connectivity index is 2.60. The predicted molar refractivity (Wildman–Crippen MR) is 65.5 cm³/mol. The van der Waals surface area contributed by atoms with E-state index in [-0.39, 0.29) is 5.38 Å². The second kappa shape index (κ2) is 4.19. The van der Waals surface area contributed by atoms with Crippen LogP contribution in [0.2, 0.25) is 0 Å². The van der Waals surface area contributed by atoms with Crippen LogP contribution in [0, 0.1) is 0 Å². The highest BCUT2D eigenvalue weighted by molar-refractivity contribution is 6.21. The van der Waals surface area contributed by atoms with Gasteiger partial charge in [-0.3, -0.25) is 4.98 Å². The largest absolute Gasteiger partial charge is 0.256 e. The van der Waals surface area contributed by atoms with E-state index in [2.05, 4.69) is 36.2 Å². The van der Waals surface area contributed by atoms with Gasteiger partial charge in [-0.2, -0.15) is 0 Å². The maximum Gasteiger partial charge on any atom is 0.0737 e. The molecule has 2 heteroatoms. The summed E-state index contributed by atoms with van der Waals surface area (Å²) in [6.07, 6.45) is 1.83. The first-order chi connectivity index (χ1) is 7.20. The minimum atomic E-state index is 0.123. The van der Waals surface area contributed by atoms with Gasteiger partial charge in [0.2, 0.25) is 0 Å².